The summed E-state index contributed by atoms with van der Waals surface area (Å²) in [5.74, 6) is -0.0938. The summed E-state index contributed by atoms with van der Waals surface area (Å²) in [6.45, 7) is 0. The molecular formula is C14H10BrClN2O2S. The van der Waals surface area contributed by atoms with Gasteiger partial charge in [0.1, 0.15) is 4.60 Å². The van der Waals surface area contributed by atoms with E-state index in [1.54, 1.807) is 24.3 Å². The highest BCUT2D eigenvalue weighted by Gasteiger charge is 2.19. The largest absolute Gasteiger partial charge is 0.244 e. The van der Waals surface area contributed by atoms with Gasteiger partial charge in [-0.25, -0.2) is 17.4 Å². The molecule has 0 aliphatic heterocycles. The van der Waals surface area contributed by atoms with Crippen LogP contribution in [0.4, 0.5) is 0 Å². The van der Waals surface area contributed by atoms with Crippen LogP contribution in [0.3, 0.4) is 0 Å². The van der Waals surface area contributed by atoms with Crippen molar-refractivity contribution in [3.8, 4) is 0 Å². The first-order valence-corrected chi connectivity index (χ1v) is 8.86. The van der Waals surface area contributed by atoms with Gasteiger partial charge in [0, 0.05) is 11.6 Å². The molecule has 108 valence electrons. The molecule has 0 aliphatic rings. The molecule has 0 fully saturated rings. The number of rotatable bonds is 3. The number of benzene rings is 1. The van der Waals surface area contributed by atoms with E-state index in [0.717, 1.165) is 5.56 Å². The number of aromatic nitrogens is 2. The Bertz CT molecular complexity index is 907. The number of fused-ring (bicyclic) bond motifs is 1. The molecule has 0 saturated heterocycles. The minimum Gasteiger partial charge on any atom is -0.228 e. The second-order valence-corrected chi connectivity index (χ2v) is 7.58. The maximum absolute atomic E-state index is 12.6. The zero-order valence-corrected chi connectivity index (χ0v) is 13.9. The lowest BCUT2D eigenvalue weighted by atomic mass is 10.2. The minimum absolute atomic E-state index is 0.0938. The van der Waals surface area contributed by atoms with Crippen LogP contribution in [-0.4, -0.2) is 17.4 Å². The molecule has 1 aromatic carbocycles. The quantitative estimate of drug-likeness (QED) is 0.644. The Labute approximate surface area is 135 Å². The monoisotopic (exact) mass is 384 g/mol. The third-order valence-electron chi connectivity index (χ3n) is 3.03. The molecule has 2 heterocycles. The highest BCUT2D eigenvalue weighted by atomic mass is 79.9. The average molecular weight is 386 g/mol. The van der Waals surface area contributed by atoms with Gasteiger partial charge in [0.15, 0.2) is 5.65 Å². The van der Waals surface area contributed by atoms with Gasteiger partial charge in [-0.15, -0.1) is 0 Å². The Kier molecular flexibility index (Phi) is 3.77. The molecule has 0 bridgehead atoms. The van der Waals surface area contributed by atoms with Crippen molar-refractivity contribution in [3.63, 3.8) is 0 Å². The smallest absolute Gasteiger partial charge is 0.228 e. The van der Waals surface area contributed by atoms with Gasteiger partial charge < -0.3 is 0 Å². The van der Waals surface area contributed by atoms with E-state index in [9.17, 15) is 8.42 Å². The topological polar surface area (TPSA) is 52.0 Å². The summed E-state index contributed by atoms with van der Waals surface area (Å²) in [4.78, 5) is 4.22. The summed E-state index contributed by atoms with van der Waals surface area (Å²) < 4.78 is 26.8. The van der Waals surface area contributed by atoms with Crippen molar-refractivity contribution < 1.29 is 8.42 Å². The molecular weight excluding hydrogens is 376 g/mol. The van der Waals surface area contributed by atoms with E-state index < -0.39 is 10.0 Å². The number of hydrogen-bond acceptors (Lipinski definition) is 3. The fraction of sp³-hybridized carbons (Fsp3) is 0.0714. The van der Waals surface area contributed by atoms with Crippen molar-refractivity contribution in [1.29, 1.82) is 0 Å². The van der Waals surface area contributed by atoms with Gasteiger partial charge in [-0.05, 0) is 33.6 Å². The Morgan fingerprint density at radius 1 is 1.19 bits per heavy atom. The van der Waals surface area contributed by atoms with Crippen LogP contribution < -0.4 is 0 Å². The third-order valence-corrected chi connectivity index (χ3v) is 5.34. The van der Waals surface area contributed by atoms with Crippen molar-refractivity contribution in [2.75, 3.05) is 0 Å². The van der Waals surface area contributed by atoms with Crippen LogP contribution in [0, 0.1) is 0 Å². The van der Waals surface area contributed by atoms with Crippen LogP contribution in [0.1, 0.15) is 5.56 Å². The van der Waals surface area contributed by atoms with Gasteiger partial charge in [-0.3, -0.25) is 0 Å². The first-order chi connectivity index (χ1) is 9.97. The minimum atomic E-state index is -3.56. The summed E-state index contributed by atoms with van der Waals surface area (Å²) in [5.41, 5.74) is 1.05. The van der Waals surface area contributed by atoms with E-state index in [4.69, 9.17) is 11.6 Å². The van der Waals surface area contributed by atoms with Crippen LogP contribution in [0.25, 0.3) is 11.0 Å². The Morgan fingerprint density at radius 2 is 1.90 bits per heavy atom. The number of halogens is 2. The van der Waals surface area contributed by atoms with Gasteiger partial charge in [-0.1, -0.05) is 41.9 Å². The van der Waals surface area contributed by atoms with E-state index in [1.165, 1.54) is 10.2 Å². The van der Waals surface area contributed by atoms with Crippen molar-refractivity contribution in [2.24, 2.45) is 0 Å². The van der Waals surface area contributed by atoms with Crippen LogP contribution in [-0.2, 0) is 15.8 Å². The summed E-state index contributed by atoms with van der Waals surface area (Å²) in [6.07, 6.45) is 1.48. The summed E-state index contributed by atoms with van der Waals surface area (Å²) >= 11 is 9.34. The van der Waals surface area contributed by atoms with Crippen LogP contribution >= 0.6 is 27.5 Å². The van der Waals surface area contributed by atoms with Crippen molar-refractivity contribution in [1.82, 2.24) is 8.96 Å². The first-order valence-electron chi connectivity index (χ1n) is 6.08. The van der Waals surface area contributed by atoms with Crippen molar-refractivity contribution in [2.45, 2.75) is 5.75 Å². The van der Waals surface area contributed by atoms with Crippen molar-refractivity contribution >= 4 is 48.6 Å². The fourth-order valence-electron chi connectivity index (χ4n) is 2.10. The van der Waals surface area contributed by atoms with Crippen LogP contribution in [0.5, 0.6) is 0 Å². The molecule has 4 nitrogen and oxygen atoms in total. The van der Waals surface area contributed by atoms with Crippen molar-refractivity contribution in [3.05, 3.63) is 63.9 Å². The Balaban J connectivity index is 2.11. The third kappa shape index (κ3) is 2.84. The fourth-order valence-corrected chi connectivity index (χ4v) is 4.28. The lowest BCUT2D eigenvalue weighted by Crippen LogP contribution is -2.14. The Hall–Kier alpha value is -1.37. The lowest BCUT2D eigenvalue weighted by molar-refractivity contribution is 0.588. The molecule has 3 rings (SSSR count). The number of pyridine rings is 1. The van der Waals surface area contributed by atoms with Crippen LogP contribution in [0.2, 0.25) is 5.02 Å². The predicted octanol–water partition coefficient (Wildman–Crippen LogP) is 3.83. The van der Waals surface area contributed by atoms with E-state index in [-0.39, 0.29) is 5.75 Å². The summed E-state index contributed by atoms with van der Waals surface area (Å²) in [5, 5.41) is 1.07. The van der Waals surface area contributed by atoms with Gasteiger partial charge >= 0.3 is 0 Å². The van der Waals surface area contributed by atoms with E-state index >= 15 is 0 Å². The highest BCUT2D eigenvalue weighted by molar-refractivity contribution is 9.10. The van der Waals surface area contributed by atoms with Gasteiger partial charge in [0.2, 0.25) is 10.0 Å². The van der Waals surface area contributed by atoms with Gasteiger partial charge in [0.25, 0.3) is 0 Å². The standard InChI is InChI=1S/C14H10BrClN2O2S/c15-13-8-12(16)11-6-7-18(14(11)17-13)21(19,20)9-10-4-2-1-3-5-10/h1-8H,9H2. The zero-order valence-electron chi connectivity index (χ0n) is 10.7. The van der Waals surface area contributed by atoms with E-state index in [2.05, 4.69) is 20.9 Å². The molecule has 0 saturated carbocycles. The molecule has 0 spiro atoms. The molecule has 21 heavy (non-hydrogen) atoms. The SMILES string of the molecule is O=S(=O)(Cc1ccccc1)n1ccc2c(Cl)cc(Br)nc21. The second-order valence-electron chi connectivity index (χ2n) is 4.52. The molecule has 2 aromatic heterocycles. The normalized spacial score (nSPS) is 11.9. The predicted molar refractivity (Wildman–Crippen MR) is 86.9 cm³/mol. The lowest BCUT2D eigenvalue weighted by Gasteiger charge is -2.07. The van der Waals surface area contributed by atoms with Gasteiger partial charge in [0.05, 0.1) is 10.8 Å². The number of nitrogens with zero attached hydrogens (tertiary/aromatic N) is 2. The molecule has 0 radical (unpaired) electrons. The molecule has 0 atom stereocenters. The Morgan fingerprint density at radius 3 is 2.62 bits per heavy atom. The highest BCUT2D eigenvalue weighted by Crippen LogP contribution is 2.27. The molecule has 7 heteroatoms. The molecule has 0 N–H and O–H groups in total. The summed E-state index contributed by atoms with van der Waals surface area (Å²) in [7, 11) is -3.56. The zero-order chi connectivity index (χ0) is 15.0. The second kappa shape index (κ2) is 5.44. The molecule has 0 unspecified atom stereocenters. The van der Waals surface area contributed by atoms with E-state index in [1.807, 2.05) is 18.2 Å². The maximum atomic E-state index is 12.6. The molecule has 0 amide bonds. The molecule has 0 aliphatic carbocycles. The average Bonchev–Trinajstić information content (AvgIpc) is 2.84. The van der Waals surface area contributed by atoms with Gasteiger partial charge in [-0.2, -0.15) is 0 Å². The van der Waals surface area contributed by atoms with Crippen LogP contribution in [0.15, 0.2) is 53.3 Å². The summed E-state index contributed by atoms with van der Waals surface area (Å²) in [6, 6.07) is 12.3. The van der Waals surface area contributed by atoms with E-state index in [0.29, 0.717) is 20.7 Å². The maximum Gasteiger partial charge on any atom is 0.244 e. The number of hydrogen-bond donors (Lipinski definition) is 0. The first kappa shape index (κ1) is 14.6. The molecule has 3 aromatic rings.